The molecular weight excluding hydrogens is 1820 g/mol. The lowest BCUT2D eigenvalue weighted by atomic mass is 9.88. The number of aromatic hydroxyl groups is 2. The highest BCUT2D eigenvalue weighted by atomic mass is 16.6. The molecule has 10 aromatic rings. The minimum absolute atomic E-state index is 0.00381. The summed E-state index contributed by atoms with van der Waals surface area (Å²) in [5.41, 5.74) is 10.0. The van der Waals surface area contributed by atoms with Crippen LogP contribution in [0.15, 0.2) is 194 Å². The van der Waals surface area contributed by atoms with Gasteiger partial charge >= 0.3 is 35.8 Å². The average Bonchev–Trinajstić information content (AvgIpc) is 1.62. The van der Waals surface area contributed by atoms with E-state index in [4.69, 9.17) is 58.9 Å². The van der Waals surface area contributed by atoms with Crippen LogP contribution >= 0.6 is 0 Å². The molecule has 0 saturated heterocycles. The lowest BCUT2D eigenvalue weighted by molar-refractivity contribution is -0.159. The fraction of sp³-hybridized carbons (Fsp3) is 0.436. The third-order valence-corrected chi connectivity index (χ3v) is 21.2. The molecule has 0 aliphatic rings. The minimum atomic E-state index is -1.61. The number of imidazole rings is 2. The summed E-state index contributed by atoms with van der Waals surface area (Å²) in [6.45, 7) is 26.2. The van der Waals surface area contributed by atoms with E-state index in [9.17, 15) is 77.3 Å². The fourth-order valence-corrected chi connectivity index (χ4v) is 14.9. The molecule has 32 heteroatoms. The molecule has 0 spiro atoms. The Morgan fingerprint density at radius 3 is 0.908 bits per heavy atom. The molecule has 4 heterocycles. The summed E-state index contributed by atoms with van der Waals surface area (Å²) >= 11 is 0. The molecule has 0 bridgehead atoms. The van der Waals surface area contributed by atoms with E-state index >= 15 is 0 Å². The van der Waals surface area contributed by atoms with Gasteiger partial charge in [0.1, 0.15) is 51.3 Å². The number of hydrogen-bond donors (Lipinski definition) is 7. The molecular formula is C110H140N8O24. The third kappa shape index (κ3) is 43.3. The van der Waals surface area contributed by atoms with E-state index < -0.39 is 175 Å². The average molecular weight is 1960 g/mol. The smallest absolute Gasteiger partial charge is 0.308 e. The maximum absolute atomic E-state index is 13.7. The van der Waals surface area contributed by atoms with Gasteiger partial charge in [-0.15, -0.1) is 0 Å². The van der Waals surface area contributed by atoms with Crippen LogP contribution in [0.1, 0.15) is 252 Å². The number of carbonyl (C=O) groups excluding carboxylic acids is 11. The first-order valence-corrected chi connectivity index (χ1v) is 47.8. The van der Waals surface area contributed by atoms with Crippen LogP contribution in [0.3, 0.4) is 0 Å². The summed E-state index contributed by atoms with van der Waals surface area (Å²) in [7, 11) is 3.03. The van der Waals surface area contributed by atoms with Gasteiger partial charge in [0.2, 0.25) is 23.6 Å². The number of amides is 2. The molecule has 0 aliphatic heterocycles. The molecule has 7 N–H and O–H groups in total. The van der Waals surface area contributed by atoms with E-state index in [1.807, 2.05) is 198 Å². The van der Waals surface area contributed by atoms with Gasteiger partial charge in [0.05, 0.1) is 85.2 Å². The number of aliphatic carboxylic acids is 3. The predicted molar refractivity (Wildman–Crippen MR) is 537 cm³/mol. The van der Waals surface area contributed by atoms with Crippen LogP contribution < -0.4 is 10.6 Å². The Bertz CT molecular complexity index is 5530. The first-order valence-electron chi connectivity index (χ1n) is 47.8. The Morgan fingerprint density at radius 2 is 0.606 bits per heavy atom. The van der Waals surface area contributed by atoms with Crippen molar-refractivity contribution in [1.82, 2.24) is 39.4 Å². The molecule has 0 fully saturated rings. The Labute approximate surface area is 831 Å². The van der Waals surface area contributed by atoms with Gasteiger partial charge < -0.3 is 69.4 Å². The zero-order valence-electron chi connectivity index (χ0n) is 84.7. The van der Waals surface area contributed by atoms with Crippen molar-refractivity contribution in [1.29, 1.82) is 0 Å². The van der Waals surface area contributed by atoms with E-state index in [1.54, 1.807) is 78.2 Å². The molecule has 10 rings (SSSR count). The Morgan fingerprint density at radius 1 is 0.331 bits per heavy atom. The number of nitrogens with zero attached hydrogens (tertiary/aromatic N) is 6. The summed E-state index contributed by atoms with van der Waals surface area (Å²) in [4.78, 5) is 192. The Balaban J connectivity index is 0.000000333. The van der Waals surface area contributed by atoms with E-state index in [0.717, 1.165) is 63.1 Å². The van der Waals surface area contributed by atoms with Crippen molar-refractivity contribution in [3.8, 4) is 34.3 Å². The van der Waals surface area contributed by atoms with Crippen LogP contribution in [-0.4, -0.2) is 193 Å². The second-order valence-corrected chi connectivity index (χ2v) is 36.7. The lowest BCUT2D eigenvalue weighted by Crippen LogP contribution is -2.47. The summed E-state index contributed by atoms with van der Waals surface area (Å²) in [6, 6.07) is 57.6. The van der Waals surface area contributed by atoms with E-state index in [2.05, 4.69) is 34.9 Å². The molecule has 0 aliphatic carbocycles. The van der Waals surface area contributed by atoms with Crippen molar-refractivity contribution in [2.75, 3.05) is 27.4 Å². The van der Waals surface area contributed by atoms with Crippen LogP contribution in [0.25, 0.3) is 33.8 Å². The topological polar surface area (TPSA) is 471 Å². The summed E-state index contributed by atoms with van der Waals surface area (Å²) in [5, 5.41) is 53.8. The second-order valence-electron chi connectivity index (χ2n) is 36.7. The third-order valence-electron chi connectivity index (χ3n) is 21.2. The molecule has 0 unspecified atom stereocenters. The number of aromatic nitrogens is 6. The van der Waals surface area contributed by atoms with Gasteiger partial charge in [0.15, 0.2) is 22.9 Å². The van der Waals surface area contributed by atoms with Crippen LogP contribution in [0.2, 0.25) is 0 Å². The van der Waals surface area contributed by atoms with Gasteiger partial charge in [0.25, 0.3) is 0 Å². The van der Waals surface area contributed by atoms with Crippen LogP contribution in [-0.2, 0) is 116 Å². The van der Waals surface area contributed by atoms with Crippen molar-refractivity contribution >= 4 is 93.6 Å². The minimum Gasteiger partial charge on any atom is -0.493 e. The van der Waals surface area contributed by atoms with Crippen molar-refractivity contribution in [3.05, 3.63) is 239 Å². The number of methoxy groups -OCH3 is 2. The number of benzene rings is 6. The number of unbranched alkanes of at least 4 members (excludes halogenated alkanes) is 2. The molecule has 2 amide bonds. The van der Waals surface area contributed by atoms with Crippen molar-refractivity contribution in [2.24, 2.45) is 23.7 Å². The predicted octanol–water partition coefficient (Wildman–Crippen LogP) is 17.3. The largest absolute Gasteiger partial charge is 0.493 e. The Kier molecular flexibility index (Phi) is 50.1. The molecule has 4 aromatic heterocycles. The normalized spacial score (nSPS) is 12.3. The quantitative estimate of drug-likeness (QED) is 0.0106. The number of carboxylic acids is 3. The first-order chi connectivity index (χ1) is 67.3. The van der Waals surface area contributed by atoms with Gasteiger partial charge in [-0.25, -0.2) is 19.9 Å². The summed E-state index contributed by atoms with van der Waals surface area (Å²) < 4.78 is 29.5. The fourth-order valence-electron chi connectivity index (χ4n) is 14.9. The standard InChI is InChI=1S/C33H55NO11.2C26H21N3O.C21H31NO11.2C2H6/c1-21(35)16-23(19-28(39)44-32(5,6)7)30(41)34-24(20-29(40)45-33(8,9)10)26(37)17-22(18-27(38)43-31(2,3)4)25(36)14-12-13-15-42-11;2*30-26-23(17-20-12-6-2-7-13-20)28-25-22(16-19-10-4-1-5-11-19)27-24(18-29(25)26)21-14-8-3-9-15-21;1-12(23)7-14(10-19(28)29)21(32)22-15(11-20(30)31)17(25)8-13(9-18(26)27)16(24)5-3-4-6-33-2;2*1-2/h22-24H,12-20H2,1-11H3,(H,34,41);2*1-15,18,30H,16-17H2;13-15H,3-11H2,1-2H3,(H,22,32)(H,26,27)(H,28,29)(H,30,31);2*1-2H3/t22-,23-,24-;;;13-,14-,15-;;/m0..0../s1. The van der Waals surface area contributed by atoms with Crippen molar-refractivity contribution in [2.45, 2.75) is 261 Å². The summed E-state index contributed by atoms with van der Waals surface area (Å²) in [6.07, 6.45) is 2.92. The van der Waals surface area contributed by atoms with Crippen molar-refractivity contribution < 1.29 is 116 Å². The first kappa shape index (κ1) is 118. The highest BCUT2D eigenvalue weighted by Crippen LogP contribution is 2.33. The van der Waals surface area contributed by atoms with Crippen molar-refractivity contribution in [3.63, 3.8) is 0 Å². The molecule has 142 heavy (non-hydrogen) atoms. The van der Waals surface area contributed by atoms with Gasteiger partial charge in [-0.1, -0.05) is 210 Å². The van der Waals surface area contributed by atoms with E-state index in [-0.39, 0.29) is 49.0 Å². The molecule has 6 atom stereocenters. The highest BCUT2D eigenvalue weighted by Gasteiger charge is 2.38. The number of nitrogens with one attached hydrogen (secondary N) is 2. The number of esters is 3. The lowest BCUT2D eigenvalue weighted by Gasteiger charge is -2.26. The monoisotopic (exact) mass is 1960 g/mol. The van der Waals surface area contributed by atoms with Gasteiger partial charge in [-0.3, -0.25) is 66.3 Å². The van der Waals surface area contributed by atoms with Gasteiger partial charge in [-0.2, -0.15) is 0 Å². The highest BCUT2D eigenvalue weighted by molar-refractivity contribution is 5.99. The number of fused-ring (bicyclic) bond motifs is 2. The zero-order valence-corrected chi connectivity index (χ0v) is 84.7. The number of carbonyl (C=O) groups is 14. The van der Waals surface area contributed by atoms with Crippen LogP contribution in [0.5, 0.6) is 11.8 Å². The number of ether oxygens (including phenoxy) is 5. The molecule has 6 aromatic carbocycles. The zero-order chi connectivity index (χ0) is 105. The second kappa shape index (κ2) is 60.1. The van der Waals surface area contributed by atoms with Gasteiger partial charge in [-0.05, 0) is 124 Å². The number of hydrogen-bond acceptors (Lipinski definition) is 25. The maximum Gasteiger partial charge on any atom is 0.308 e. The molecule has 32 nitrogen and oxygen atoms in total. The van der Waals surface area contributed by atoms with Crippen LogP contribution in [0.4, 0.5) is 0 Å². The summed E-state index contributed by atoms with van der Waals surface area (Å²) in [5.74, 6) is -15.8. The van der Waals surface area contributed by atoms with E-state index in [1.165, 1.54) is 14.0 Å². The molecule has 0 saturated carbocycles. The maximum atomic E-state index is 13.7. The number of rotatable bonds is 48. The number of Topliss-reactive ketones (excluding diaryl/α,β-unsaturated/α-hetero) is 6. The number of ketones is 6. The Hall–Kier alpha value is -14.1. The molecule has 0 radical (unpaired) electrons. The van der Waals surface area contributed by atoms with Crippen LogP contribution in [0, 0.1) is 23.7 Å². The van der Waals surface area contributed by atoms with E-state index in [0.29, 0.717) is 87.3 Å². The number of carboxylic acid groups (broad SMARTS) is 3. The molecule has 764 valence electrons. The van der Waals surface area contributed by atoms with Gasteiger partial charge in [0, 0.05) is 127 Å². The SMILES string of the molecule is CC.CC.COCCCCC(=O)[C@H](CC(=O)O)CC(=O)[C@H](CC(=O)O)NC(=O)[C@@H](CC(C)=O)CC(=O)O.COCCCCC(=O)[C@H](CC(=O)OC(C)(C)C)CC(=O)[C@H](CC(=O)OC(C)(C)C)NC(=O)[C@@H](CC(C)=O)CC(=O)OC(C)(C)C.Oc1c(Cc2ccccc2)nc2c(Cc3ccccc3)nc(-c3ccccc3)cn12.Oc1c(Cc2ccccc2)nc2c(Cc3ccccc3)nc(-c3ccccc3)cn12.